The normalized spacial score (nSPS) is 14.4. The van der Waals surface area contributed by atoms with Crippen molar-refractivity contribution in [1.82, 2.24) is 5.32 Å². The van der Waals surface area contributed by atoms with Gasteiger partial charge in [0, 0.05) is 11.3 Å². The fraction of sp³-hybridized carbons (Fsp3) is 0.111. The number of carbonyl (C=O) groups excluding carboxylic acids is 4. The Hall–Kier alpha value is -4.92. The van der Waals surface area contributed by atoms with Crippen molar-refractivity contribution in [2.24, 2.45) is 0 Å². The predicted octanol–water partition coefficient (Wildman–Crippen LogP) is 3.69. The number of hydrogen-bond donors (Lipinski definition) is 2. The summed E-state index contributed by atoms with van der Waals surface area (Å²) in [5.41, 5.74) is 2.05. The van der Waals surface area contributed by atoms with Gasteiger partial charge in [-0.05, 0) is 61.0 Å². The highest BCUT2D eigenvalue weighted by molar-refractivity contribution is 6.39. The molecule has 0 bridgehead atoms. The number of benzene rings is 3. The van der Waals surface area contributed by atoms with Gasteiger partial charge in [-0.1, -0.05) is 30.3 Å². The van der Waals surface area contributed by atoms with Crippen molar-refractivity contribution in [1.29, 1.82) is 0 Å². The van der Waals surface area contributed by atoms with Gasteiger partial charge < -0.3 is 14.8 Å². The van der Waals surface area contributed by atoms with Crippen LogP contribution in [0.1, 0.15) is 11.1 Å². The van der Waals surface area contributed by atoms with E-state index in [4.69, 9.17) is 9.47 Å². The van der Waals surface area contributed by atoms with Crippen molar-refractivity contribution < 1.29 is 28.7 Å². The summed E-state index contributed by atoms with van der Waals surface area (Å²) in [6, 6.07) is 19.4. The second-order valence-corrected chi connectivity index (χ2v) is 7.90. The number of para-hydroxylation sites is 1. The Balaban J connectivity index is 1.54. The highest BCUT2D eigenvalue weighted by Crippen LogP contribution is 2.26. The molecule has 1 aliphatic heterocycles. The number of rotatable bonds is 7. The molecule has 182 valence electrons. The number of nitrogens with one attached hydrogen (secondary N) is 2. The monoisotopic (exact) mass is 485 g/mol. The van der Waals surface area contributed by atoms with Gasteiger partial charge in [0.15, 0.2) is 6.61 Å². The van der Waals surface area contributed by atoms with E-state index in [1.165, 1.54) is 25.3 Å². The Labute approximate surface area is 207 Å². The number of carbonyl (C=O) groups is 4. The zero-order chi connectivity index (χ0) is 25.7. The molecule has 0 aromatic heterocycles. The summed E-state index contributed by atoms with van der Waals surface area (Å²) in [5.74, 6) is -1.15. The van der Waals surface area contributed by atoms with Gasteiger partial charge in [0.25, 0.3) is 17.7 Å². The van der Waals surface area contributed by atoms with Crippen LogP contribution in [0.4, 0.5) is 16.2 Å². The van der Waals surface area contributed by atoms with Gasteiger partial charge in [0.05, 0.1) is 12.8 Å². The van der Waals surface area contributed by atoms with Crippen LogP contribution in [0.3, 0.4) is 0 Å². The number of anilines is 2. The molecule has 4 rings (SSSR count). The molecular weight excluding hydrogens is 462 g/mol. The topological polar surface area (TPSA) is 114 Å². The molecule has 1 heterocycles. The fourth-order valence-corrected chi connectivity index (χ4v) is 3.57. The predicted molar refractivity (Wildman–Crippen MR) is 134 cm³/mol. The summed E-state index contributed by atoms with van der Waals surface area (Å²) in [7, 11) is 1.50. The van der Waals surface area contributed by atoms with Gasteiger partial charge in [-0.2, -0.15) is 0 Å². The van der Waals surface area contributed by atoms with E-state index < -0.39 is 17.8 Å². The average molecular weight is 485 g/mol. The van der Waals surface area contributed by atoms with E-state index in [-0.39, 0.29) is 29.5 Å². The van der Waals surface area contributed by atoms with Crippen LogP contribution in [0, 0.1) is 6.92 Å². The van der Waals surface area contributed by atoms with Crippen molar-refractivity contribution >= 4 is 41.2 Å². The van der Waals surface area contributed by atoms with Crippen LogP contribution in [-0.4, -0.2) is 37.5 Å². The lowest BCUT2D eigenvalue weighted by atomic mass is 10.1. The van der Waals surface area contributed by atoms with Crippen LogP contribution in [0.5, 0.6) is 11.5 Å². The third kappa shape index (κ3) is 5.41. The van der Waals surface area contributed by atoms with Crippen LogP contribution in [0.2, 0.25) is 0 Å². The largest absolute Gasteiger partial charge is 0.497 e. The number of aryl methyl sites for hydroxylation is 1. The second-order valence-electron chi connectivity index (χ2n) is 7.90. The maximum absolute atomic E-state index is 13.2. The van der Waals surface area contributed by atoms with Crippen molar-refractivity contribution in [3.05, 3.63) is 89.5 Å². The summed E-state index contributed by atoms with van der Waals surface area (Å²) < 4.78 is 10.8. The minimum Gasteiger partial charge on any atom is -0.497 e. The van der Waals surface area contributed by atoms with Crippen molar-refractivity contribution in [3.63, 3.8) is 0 Å². The molecule has 1 fully saturated rings. The molecule has 0 aliphatic carbocycles. The first-order valence-corrected chi connectivity index (χ1v) is 11.0. The lowest BCUT2D eigenvalue weighted by Gasteiger charge is -2.26. The molecule has 0 radical (unpaired) electrons. The molecule has 0 atom stereocenters. The number of urea groups is 1. The molecular formula is C27H23N3O6. The lowest BCUT2D eigenvalue weighted by Crippen LogP contribution is -2.54. The Morgan fingerprint density at radius 3 is 2.47 bits per heavy atom. The second kappa shape index (κ2) is 10.6. The SMILES string of the molecule is COc1ccc(N2C(=O)NC(=O)C(=Cc3ccccc3OCC(=O)Nc3cccc(C)c3)C2=O)cc1. The van der Waals surface area contributed by atoms with E-state index in [1.807, 2.05) is 25.1 Å². The molecule has 9 nitrogen and oxygen atoms in total. The molecule has 3 aromatic carbocycles. The number of methoxy groups -OCH3 is 1. The summed E-state index contributed by atoms with van der Waals surface area (Å²) in [6.45, 7) is 1.63. The summed E-state index contributed by atoms with van der Waals surface area (Å²) in [4.78, 5) is 51.3. The Morgan fingerprint density at radius 1 is 1.00 bits per heavy atom. The van der Waals surface area contributed by atoms with Gasteiger partial charge in [0.1, 0.15) is 17.1 Å². The van der Waals surface area contributed by atoms with Gasteiger partial charge in [0.2, 0.25) is 0 Å². The smallest absolute Gasteiger partial charge is 0.335 e. The van der Waals surface area contributed by atoms with E-state index in [0.717, 1.165) is 10.5 Å². The number of ether oxygens (including phenoxy) is 2. The van der Waals surface area contributed by atoms with Gasteiger partial charge in [-0.25, -0.2) is 9.69 Å². The van der Waals surface area contributed by atoms with Crippen LogP contribution in [0.15, 0.2) is 78.4 Å². The molecule has 9 heteroatoms. The minimum atomic E-state index is -0.857. The highest BCUT2D eigenvalue weighted by atomic mass is 16.5. The molecule has 36 heavy (non-hydrogen) atoms. The van der Waals surface area contributed by atoms with Crippen LogP contribution >= 0.6 is 0 Å². The van der Waals surface area contributed by atoms with E-state index in [9.17, 15) is 19.2 Å². The summed E-state index contributed by atoms with van der Waals surface area (Å²) in [6.07, 6.45) is 1.33. The number of nitrogens with zero attached hydrogens (tertiary/aromatic N) is 1. The Morgan fingerprint density at radius 2 is 1.75 bits per heavy atom. The summed E-state index contributed by atoms with van der Waals surface area (Å²) in [5, 5.41) is 4.94. The third-order valence-corrected chi connectivity index (χ3v) is 5.31. The van der Waals surface area contributed by atoms with Gasteiger partial charge in [-0.15, -0.1) is 0 Å². The molecule has 1 saturated heterocycles. The quantitative estimate of drug-likeness (QED) is 0.390. The van der Waals surface area contributed by atoms with Crippen molar-refractivity contribution in [2.45, 2.75) is 6.92 Å². The summed E-state index contributed by atoms with van der Waals surface area (Å²) >= 11 is 0. The first-order valence-electron chi connectivity index (χ1n) is 11.0. The molecule has 5 amide bonds. The molecule has 0 saturated carbocycles. The number of barbiturate groups is 1. The maximum Gasteiger partial charge on any atom is 0.335 e. The molecule has 0 spiro atoms. The van der Waals surface area contributed by atoms with E-state index in [1.54, 1.807) is 42.5 Å². The number of hydrogen-bond acceptors (Lipinski definition) is 6. The zero-order valence-electron chi connectivity index (χ0n) is 19.6. The van der Waals surface area contributed by atoms with E-state index >= 15 is 0 Å². The van der Waals surface area contributed by atoms with Crippen LogP contribution < -0.4 is 25.0 Å². The van der Waals surface area contributed by atoms with Crippen LogP contribution in [0.25, 0.3) is 6.08 Å². The molecule has 1 aliphatic rings. The Bertz CT molecular complexity index is 1360. The minimum absolute atomic E-state index is 0.259. The molecule has 2 N–H and O–H groups in total. The average Bonchev–Trinajstić information content (AvgIpc) is 2.86. The molecule has 3 aromatic rings. The number of amides is 5. The third-order valence-electron chi connectivity index (χ3n) is 5.31. The van der Waals surface area contributed by atoms with Crippen molar-refractivity contribution in [2.75, 3.05) is 23.9 Å². The van der Waals surface area contributed by atoms with Gasteiger partial charge >= 0.3 is 6.03 Å². The van der Waals surface area contributed by atoms with Crippen LogP contribution in [-0.2, 0) is 14.4 Å². The number of imide groups is 2. The highest BCUT2D eigenvalue weighted by Gasteiger charge is 2.37. The first kappa shape index (κ1) is 24.2. The standard InChI is InChI=1S/C27H23N3O6/c1-17-6-5-8-19(14-17)28-24(31)16-36-23-9-4-3-7-18(23)15-22-25(32)29-27(34)30(26(22)33)20-10-12-21(35-2)13-11-20/h3-15H,16H2,1-2H3,(H,28,31)(H,29,32,34). The fourth-order valence-electron chi connectivity index (χ4n) is 3.57. The lowest BCUT2D eigenvalue weighted by molar-refractivity contribution is -0.122. The zero-order valence-corrected chi connectivity index (χ0v) is 19.6. The van der Waals surface area contributed by atoms with Gasteiger partial charge in [-0.3, -0.25) is 19.7 Å². The van der Waals surface area contributed by atoms with Crippen molar-refractivity contribution in [3.8, 4) is 11.5 Å². The van der Waals surface area contributed by atoms with E-state index in [2.05, 4.69) is 10.6 Å². The first-order chi connectivity index (χ1) is 17.4. The molecule has 0 unspecified atom stereocenters. The Kier molecular flexibility index (Phi) is 7.10. The van der Waals surface area contributed by atoms with E-state index in [0.29, 0.717) is 17.0 Å². The maximum atomic E-state index is 13.2.